The molecule has 7 heteroatoms. The Morgan fingerprint density at radius 2 is 2.05 bits per heavy atom. The van der Waals surface area contributed by atoms with Crippen LogP contribution in [-0.2, 0) is 9.63 Å². The summed E-state index contributed by atoms with van der Waals surface area (Å²) in [7, 11) is 0. The second-order valence-corrected chi connectivity index (χ2v) is 3.65. The number of carbonyl (C=O) groups excluding carboxylic acids is 1. The van der Waals surface area contributed by atoms with Crippen molar-refractivity contribution in [1.29, 1.82) is 0 Å². The summed E-state index contributed by atoms with van der Waals surface area (Å²) >= 11 is 0. The fraction of sp³-hybridized carbons (Fsp3) is 0.0833. The number of nitrogens with one attached hydrogen (secondary N) is 2. The maximum atomic E-state index is 11.6. The van der Waals surface area contributed by atoms with Crippen LogP contribution in [0.25, 0.3) is 11.3 Å². The quantitative estimate of drug-likeness (QED) is 0.691. The van der Waals surface area contributed by atoms with Crippen LogP contribution in [0.3, 0.4) is 0 Å². The lowest BCUT2D eigenvalue weighted by Gasteiger charge is -2.00. The van der Waals surface area contributed by atoms with E-state index in [0.29, 0.717) is 5.69 Å². The summed E-state index contributed by atoms with van der Waals surface area (Å²) in [6.07, 6.45) is 0. The molecule has 0 aliphatic heterocycles. The number of H-pyrrole nitrogens is 1. The van der Waals surface area contributed by atoms with Gasteiger partial charge < -0.3 is 5.11 Å². The molecule has 0 aliphatic rings. The van der Waals surface area contributed by atoms with Gasteiger partial charge in [0.1, 0.15) is 5.69 Å². The average molecular weight is 261 g/mol. The number of rotatable bonds is 5. The monoisotopic (exact) mass is 261 g/mol. The van der Waals surface area contributed by atoms with E-state index in [2.05, 4.69) is 15.0 Å². The summed E-state index contributed by atoms with van der Waals surface area (Å²) in [5, 5.41) is 14.9. The highest BCUT2D eigenvalue weighted by molar-refractivity contribution is 5.92. The van der Waals surface area contributed by atoms with Crippen molar-refractivity contribution in [2.24, 2.45) is 0 Å². The number of aromatic amines is 1. The molecule has 0 aliphatic carbocycles. The van der Waals surface area contributed by atoms with Crippen molar-refractivity contribution in [3.05, 3.63) is 42.1 Å². The molecule has 1 heterocycles. The lowest BCUT2D eigenvalue weighted by atomic mass is 10.1. The van der Waals surface area contributed by atoms with Gasteiger partial charge in [0.25, 0.3) is 5.91 Å². The number of carbonyl (C=O) groups is 2. The molecule has 2 aromatic rings. The van der Waals surface area contributed by atoms with Crippen LogP contribution in [0.15, 0.2) is 36.4 Å². The van der Waals surface area contributed by atoms with Gasteiger partial charge in [-0.05, 0) is 6.07 Å². The van der Waals surface area contributed by atoms with Crippen molar-refractivity contribution in [1.82, 2.24) is 15.7 Å². The first kappa shape index (κ1) is 12.8. The molecule has 0 spiro atoms. The highest BCUT2D eigenvalue weighted by Crippen LogP contribution is 2.16. The first-order valence-electron chi connectivity index (χ1n) is 5.41. The van der Waals surface area contributed by atoms with Gasteiger partial charge in [0.05, 0.1) is 5.69 Å². The van der Waals surface area contributed by atoms with Gasteiger partial charge in [0.2, 0.25) is 0 Å². The molecule has 1 aromatic heterocycles. The lowest BCUT2D eigenvalue weighted by molar-refractivity contribution is -0.144. The number of benzene rings is 1. The third kappa shape index (κ3) is 3.39. The van der Waals surface area contributed by atoms with Gasteiger partial charge in [-0.15, -0.1) is 0 Å². The van der Waals surface area contributed by atoms with Crippen molar-refractivity contribution >= 4 is 11.9 Å². The number of amides is 1. The van der Waals surface area contributed by atoms with E-state index in [1.165, 1.54) is 0 Å². The molecular weight excluding hydrogens is 250 g/mol. The van der Waals surface area contributed by atoms with Gasteiger partial charge in [-0.3, -0.25) is 14.7 Å². The molecule has 19 heavy (non-hydrogen) atoms. The normalized spacial score (nSPS) is 10.1. The Morgan fingerprint density at radius 3 is 2.74 bits per heavy atom. The zero-order valence-electron chi connectivity index (χ0n) is 9.79. The number of aliphatic carboxylic acids is 1. The predicted molar refractivity (Wildman–Crippen MR) is 65.1 cm³/mol. The highest BCUT2D eigenvalue weighted by Gasteiger charge is 2.11. The van der Waals surface area contributed by atoms with E-state index in [-0.39, 0.29) is 5.69 Å². The van der Waals surface area contributed by atoms with Gasteiger partial charge >= 0.3 is 5.97 Å². The summed E-state index contributed by atoms with van der Waals surface area (Å²) in [6.45, 7) is -0.606. The molecule has 7 nitrogen and oxygen atoms in total. The van der Waals surface area contributed by atoms with Gasteiger partial charge in [-0.2, -0.15) is 5.10 Å². The molecule has 0 atom stereocenters. The van der Waals surface area contributed by atoms with E-state index in [9.17, 15) is 9.59 Å². The molecule has 0 saturated heterocycles. The number of carboxylic acid groups (broad SMARTS) is 1. The van der Waals surface area contributed by atoms with Crippen molar-refractivity contribution in [3.8, 4) is 11.3 Å². The average Bonchev–Trinajstić information content (AvgIpc) is 2.89. The zero-order valence-corrected chi connectivity index (χ0v) is 9.79. The number of hydroxylamine groups is 1. The highest BCUT2D eigenvalue weighted by atomic mass is 16.7. The first-order valence-corrected chi connectivity index (χ1v) is 5.41. The standard InChI is InChI=1S/C12H11N3O4/c16-11(17)7-19-15-12(18)10-6-9(13-14-10)8-4-2-1-3-5-8/h1-6H,7H2,(H,13,14)(H,15,18)(H,16,17). The van der Waals surface area contributed by atoms with Crippen LogP contribution >= 0.6 is 0 Å². The zero-order chi connectivity index (χ0) is 13.7. The van der Waals surface area contributed by atoms with E-state index in [1.807, 2.05) is 35.8 Å². The Balaban J connectivity index is 2.01. The summed E-state index contributed by atoms with van der Waals surface area (Å²) in [4.78, 5) is 26.3. The largest absolute Gasteiger partial charge is 0.479 e. The number of hydrogen-bond acceptors (Lipinski definition) is 4. The van der Waals surface area contributed by atoms with Gasteiger partial charge in [-0.25, -0.2) is 10.3 Å². The molecule has 3 N–H and O–H groups in total. The molecule has 0 bridgehead atoms. The van der Waals surface area contributed by atoms with Crippen molar-refractivity contribution in [2.75, 3.05) is 6.61 Å². The summed E-state index contributed by atoms with van der Waals surface area (Å²) < 4.78 is 0. The van der Waals surface area contributed by atoms with Crippen LogP contribution in [0.1, 0.15) is 10.5 Å². The maximum absolute atomic E-state index is 11.6. The molecular formula is C12H11N3O4. The molecule has 0 saturated carbocycles. The van der Waals surface area contributed by atoms with Gasteiger partial charge in [0, 0.05) is 5.56 Å². The Kier molecular flexibility index (Phi) is 3.89. The van der Waals surface area contributed by atoms with Crippen molar-refractivity contribution < 1.29 is 19.5 Å². The topological polar surface area (TPSA) is 104 Å². The van der Waals surface area contributed by atoms with E-state index < -0.39 is 18.5 Å². The Bertz CT molecular complexity index is 580. The smallest absolute Gasteiger partial charge is 0.332 e. The van der Waals surface area contributed by atoms with Gasteiger partial charge in [0.15, 0.2) is 6.61 Å². The first-order chi connectivity index (χ1) is 9.16. The Labute approximate surface area is 108 Å². The molecule has 2 rings (SSSR count). The second-order valence-electron chi connectivity index (χ2n) is 3.65. The van der Waals surface area contributed by atoms with Gasteiger partial charge in [-0.1, -0.05) is 30.3 Å². The third-order valence-corrected chi connectivity index (χ3v) is 2.25. The summed E-state index contributed by atoms with van der Waals surface area (Å²) in [6, 6.07) is 10.9. The minimum absolute atomic E-state index is 0.184. The van der Waals surface area contributed by atoms with Crippen LogP contribution in [0, 0.1) is 0 Å². The van der Waals surface area contributed by atoms with Crippen LogP contribution in [0.2, 0.25) is 0 Å². The third-order valence-electron chi connectivity index (χ3n) is 2.25. The fourth-order valence-corrected chi connectivity index (χ4v) is 1.41. The van der Waals surface area contributed by atoms with E-state index in [1.54, 1.807) is 6.07 Å². The van der Waals surface area contributed by atoms with Crippen LogP contribution in [0.5, 0.6) is 0 Å². The minimum Gasteiger partial charge on any atom is -0.479 e. The maximum Gasteiger partial charge on any atom is 0.332 e. The lowest BCUT2D eigenvalue weighted by Crippen LogP contribution is -2.26. The Morgan fingerprint density at radius 1 is 1.32 bits per heavy atom. The fourth-order valence-electron chi connectivity index (χ4n) is 1.41. The molecule has 98 valence electrons. The summed E-state index contributed by atoms with van der Waals surface area (Å²) in [5.74, 6) is -1.76. The number of aromatic nitrogens is 2. The van der Waals surface area contributed by atoms with E-state index >= 15 is 0 Å². The molecule has 0 fully saturated rings. The number of hydrogen-bond donors (Lipinski definition) is 3. The molecule has 1 amide bonds. The second kappa shape index (κ2) is 5.78. The minimum atomic E-state index is -1.17. The van der Waals surface area contributed by atoms with Crippen LogP contribution < -0.4 is 5.48 Å². The molecule has 1 aromatic carbocycles. The van der Waals surface area contributed by atoms with E-state index in [4.69, 9.17) is 5.11 Å². The summed E-state index contributed by atoms with van der Waals surface area (Å²) in [5.41, 5.74) is 3.67. The van der Waals surface area contributed by atoms with E-state index in [0.717, 1.165) is 5.56 Å². The van der Waals surface area contributed by atoms with Crippen molar-refractivity contribution in [2.45, 2.75) is 0 Å². The van der Waals surface area contributed by atoms with Crippen LogP contribution in [-0.4, -0.2) is 33.8 Å². The predicted octanol–water partition coefficient (Wildman–Crippen LogP) is 0.823. The number of carboxylic acids is 1. The Hall–Kier alpha value is -2.67. The SMILES string of the molecule is O=C(O)CONC(=O)c1cc(-c2ccccc2)n[nH]1. The van der Waals surface area contributed by atoms with Crippen LogP contribution in [0.4, 0.5) is 0 Å². The van der Waals surface area contributed by atoms with Crippen molar-refractivity contribution in [3.63, 3.8) is 0 Å². The molecule has 0 unspecified atom stereocenters. The number of nitrogens with zero attached hydrogens (tertiary/aromatic N) is 1. The molecule has 0 radical (unpaired) electrons.